The molecular weight excluding hydrogens is 236 g/mol. The second-order valence-electron chi connectivity index (χ2n) is 5.32. The molecule has 2 rings (SSSR count). The topological polar surface area (TPSA) is 52.9 Å². The van der Waals surface area contributed by atoms with E-state index < -0.39 is 5.54 Å². The van der Waals surface area contributed by atoms with Crippen LogP contribution in [0.5, 0.6) is 0 Å². The Morgan fingerprint density at radius 2 is 2.11 bits per heavy atom. The lowest BCUT2D eigenvalue weighted by Crippen LogP contribution is -2.52. The maximum atomic E-state index is 12.1. The van der Waals surface area contributed by atoms with Gasteiger partial charge in [-0.15, -0.1) is 0 Å². The fourth-order valence-corrected chi connectivity index (χ4v) is 2.56. The Hall–Kier alpha value is -1.82. The van der Waals surface area contributed by atoms with Crippen LogP contribution in [-0.2, 0) is 4.79 Å². The lowest BCUT2D eigenvalue weighted by Gasteiger charge is -2.36. The molecule has 3 nitrogen and oxygen atoms in total. The fraction of sp³-hybridized carbons (Fsp3) is 0.500. The van der Waals surface area contributed by atoms with E-state index in [2.05, 4.69) is 30.4 Å². The van der Waals surface area contributed by atoms with E-state index in [0.717, 1.165) is 25.7 Å². The second kappa shape index (κ2) is 5.88. The molecule has 0 radical (unpaired) electrons. The summed E-state index contributed by atoms with van der Waals surface area (Å²) < 4.78 is 0. The molecule has 1 aromatic rings. The monoisotopic (exact) mass is 256 g/mol. The van der Waals surface area contributed by atoms with Gasteiger partial charge in [-0.1, -0.05) is 37.3 Å². The zero-order valence-electron chi connectivity index (χ0n) is 11.4. The first-order valence-corrected chi connectivity index (χ1v) is 6.96. The molecule has 0 bridgehead atoms. The lowest BCUT2D eigenvalue weighted by atomic mass is 9.77. The highest BCUT2D eigenvalue weighted by Gasteiger charge is 2.38. The number of nitrogens with one attached hydrogen (secondary N) is 1. The third kappa shape index (κ3) is 3.14. The molecule has 1 fully saturated rings. The van der Waals surface area contributed by atoms with Gasteiger partial charge < -0.3 is 5.32 Å². The first-order valence-electron chi connectivity index (χ1n) is 6.96. The van der Waals surface area contributed by atoms with Crippen molar-refractivity contribution in [1.29, 1.82) is 5.26 Å². The van der Waals surface area contributed by atoms with E-state index in [-0.39, 0.29) is 11.8 Å². The van der Waals surface area contributed by atoms with Crippen LogP contribution in [0.4, 0.5) is 0 Å². The quantitative estimate of drug-likeness (QED) is 0.880. The van der Waals surface area contributed by atoms with E-state index >= 15 is 0 Å². The second-order valence-corrected chi connectivity index (χ2v) is 5.32. The number of hydrogen-bond acceptors (Lipinski definition) is 2. The smallest absolute Gasteiger partial charge is 0.221 e. The molecule has 3 heteroatoms. The third-order valence-electron chi connectivity index (χ3n) is 4.00. The van der Waals surface area contributed by atoms with E-state index in [9.17, 15) is 4.79 Å². The van der Waals surface area contributed by atoms with Gasteiger partial charge in [0.1, 0.15) is 5.54 Å². The van der Waals surface area contributed by atoms with Crippen molar-refractivity contribution >= 4 is 5.91 Å². The van der Waals surface area contributed by atoms with Crippen molar-refractivity contribution in [1.82, 2.24) is 5.32 Å². The van der Waals surface area contributed by atoms with E-state index in [4.69, 9.17) is 5.26 Å². The molecule has 1 aromatic carbocycles. The van der Waals surface area contributed by atoms with Crippen LogP contribution in [0.15, 0.2) is 30.3 Å². The van der Waals surface area contributed by atoms with E-state index in [1.165, 1.54) is 5.56 Å². The summed E-state index contributed by atoms with van der Waals surface area (Å²) in [6, 6.07) is 12.3. The van der Waals surface area contributed by atoms with Crippen LogP contribution < -0.4 is 5.32 Å². The summed E-state index contributed by atoms with van der Waals surface area (Å²) in [5.41, 5.74) is 0.617. The summed E-state index contributed by atoms with van der Waals surface area (Å²) in [5, 5.41) is 12.0. The molecule has 1 aliphatic carbocycles. The maximum absolute atomic E-state index is 12.1. The molecule has 0 spiro atoms. The molecule has 0 saturated heterocycles. The molecule has 1 atom stereocenters. The third-order valence-corrected chi connectivity index (χ3v) is 4.00. The molecule has 0 aromatic heterocycles. The Balaban J connectivity index is 1.96. The molecule has 1 aliphatic rings. The number of hydrogen-bond donors (Lipinski definition) is 1. The zero-order valence-corrected chi connectivity index (χ0v) is 11.4. The van der Waals surface area contributed by atoms with Gasteiger partial charge in [0.15, 0.2) is 0 Å². The Labute approximate surface area is 114 Å². The number of nitriles is 1. The van der Waals surface area contributed by atoms with Crippen LogP contribution in [0.3, 0.4) is 0 Å². The Kier molecular flexibility index (Phi) is 4.21. The van der Waals surface area contributed by atoms with Crippen molar-refractivity contribution in [3.05, 3.63) is 35.9 Å². The number of benzene rings is 1. The molecular formula is C16H20N2O. The molecule has 1 saturated carbocycles. The summed E-state index contributed by atoms with van der Waals surface area (Å²) in [6.07, 6.45) is 4.00. The normalized spacial score (nSPS) is 17.9. The van der Waals surface area contributed by atoms with Crippen molar-refractivity contribution in [3.8, 4) is 6.07 Å². The Bertz CT molecular complexity index is 471. The number of carbonyl (C=O) groups is 1. The van der Waals surface area contributed by atoms with Crippen molar-refractivity contribution in [2.45, 2.75) is 50.5 Å². The van der Waals surface area contributed by atoms with E-state index in [0.29, 0.717) is 6.42 Å². The van der Waals surface area contributed by atoms with Gasteiger partial charge in [0.25, 0.3) is 0 Å². The van der Waals surface area contributed by atoms with Gasteiger partial charge in [0.05, 0.1) is 6.07 Å². The molecule has 0 aliphatic heterocycles. The molecule has 1 amide bonds. The van der Waals surface area contributed by atoms with Crippen LogP contribution in [0.2, 0.25) is 0 Å². The van der Waals surface area contributed by atoms with Crippen molar-refractivity contribution in [2.75, 3.05) is 0 Å². The predicted molar refractivity (Wildman–Crippen MR) is 74.4 cm³/mol. The highest BCUT2D eigenvalue weighted by Crippen LogP contribution is 2.31. The summed E-state index contributed by atoms with van der Waals surface area (Å²) in [7, 11) is 0. The minimum absolute atomic E-state index is 0.00282. The van der Waals surface area contributed by atoms with Crippen molar-refractivity contribution in [2.24, 2.45) is 0 Å². The molecule has 0 heterocycles. The van der Waals surface area contributed by atoms with Gasteiger partial charge in [-0.2, -0.15) is 5.26 Å². The van der Waals surface area contributed by atoms with Crippen LogP contribution in [-0.4, -0.2) is 11.4 Å². The lowest BCUT2D eigenvalue weighted by molar-refractivity contribution is -0.123. The molecule has 19 heavy (non-hydrogen) atoms. The maximum Gasteiger partial charge on any atom is 0.221 e. The highest BCUT2D eigenvalue weighted by atomic mass is 16.1. The highest BCUT2D eigenvalue weighted by molar-refractivity contribution is 5.78. The van der Waals surface area contributed by atoms with Gasteiger partial charge in [-0.05, 0) is 37.2 Å². The molecule has 100 valence electrons. The largest absolute Gasteiger partial charge is 0.338 e. The van der Waals surface area contributed by atoms with Crippen LogP contribution in [0, 0.1) is 11.3 Å². The number of amides is 1. The van der Waals surface area contributed by atoms with Gasteiger partial charge in [0, 0.05) is 6.42 Å². The Morgan fingerprint density at radius 3 is 2.58 bits per heavy atom. The van der Waals surface area contributed by atoms with Crippen LogP contribution in [0.1, 0.15) is 50.5 Å². The van der Waals surface area contributed by atoms with Gasteiger partial charge >= 0.3 is 0 Å². The predicted octanol–water partition coefficient (Wildman–Crippen LogP) is 3.13. The van der Waals surface area contributed by atoms with E-state index in [1.807, 2.05) is 18.2 Å². The minimum Gasteiger partial charge on any atom is -0.338 e. The molecule has 0 unspecified atom stereocenters. The minimum atomic E-state index is -0.577. The fourth-order valence-electron chi connectivity index (χ4n) is 2.56. The first-order chi connectivity index (χ1) is 9.19. The van der Waals surface area contributed by atoms with Crippen LogP contribution >= 0.6 is 0 Å². The number of nitrogens with zero attached hydrogens (tertiary/aromatic N) is 1. The number of rotatable bonds is 5. The summed E-state index contributed by atoms with van der Waals surface area (Å²) >= 11 is 0. The average Bonchev–Trinajstić information content (AvgIpc) is 2.41. The Morgan fingerprint density at radius 1 is 1.42 bits per heavy atom. The van der Waals surface area contributed by atoms with Gasteiger partial charge in [0.2, 0.25) is 5.91 Å². The van der Waals surface area contributed by atoms with Crippen LogP contribution in [0.25, 0.3) is 0 Å². The van der Waals surface area contributed by atoms with E-state index in [1.54, 1.807) is 0 Å². The van der Waals surface area contributed by atoms with Crippen molar-refractivity contribution in [3.63, 3.8) is 0 Å². The zero-order chi connectivity index (χ0) is 13.7. The SMILES string of the molecule is CC[C@H](CC(=O)NC1(C#N)CCC1)c1ccccc1. The number of carbonyl (C=O) groups excluding carboxylic acids is 1. The first kappa shape index (κ1) is 13.6. The summed E-state index contributed by atoms with van der Waals surface area (Å²) in [6.45, 7) is 2.09. The van der Waals surface area contributed by atoms with Gasteiger partial charge in [-0.3, -0.25) is 4.79 Å². The standard InChI is InChI=1S/C16H20N2O/c1-2-13(14-7-4-3-5-8-14)11-15(19)18-16(12-17)9-6-10-16/h3-5,7-8,13H,2,6,9-11H2,1H3,(H,18,19)/t13-/m1/s1. The molecule has 1 N–H and O–H groups in total. The summed E-state index contributed by atoms with van der Waals surface area (Å²) in [5.74, 6) is 0.231. The summed E-state index contributed by atoms with van der Waals surface area (Å²) in [4.78, 5) is 12.1. The van der Waals surface area contributed by atoms with Crippen molar-refractivity contribution < 1.29 is 4.79 Å². The average molecular weight is 256 g/mol. The van der Waals surface area contributed by atoms with Gasteiger partial charge in [-0.25, -0.2) is 0 Å².